The van der Waals surface area contributed by atoms with Crippen LogP contribution in [0.5, 0.6) is 0 Å². The van der Waals surface area contributed by atoms with E-state index in [-0.39, 0.29) is 11.3 Å². The van der Waals surface area contributed by atoms with Crippen LogP contribution in [0, 0.1) is 5.41 Å². The zero-order valence-electron chi connectivity index (χ0n) is 13.4. The van der Waals surface area contributed by atoms with E-state index in [2.05, 4.69) is 36.2 Å². The molecule has 2 aromatic rings. The molecule has 118 valence electrons. The molecule has 1 aromatic carbocycles. The van der Waals surface area contributed by atoms with Gasteiger partial charge < -0.3 is 9.73 Å². The highest BCUT2D eigenvalue weighted by atomic mass is 16.3. The third-order valence-electron chi connectivity index (χ3n) is 4.49. The molecule has 0 spiro atoms. The summed E-state index contributed by atoms with van der Waals surface area (Å²) in [6, 6.07) is 10.2. The van der Waals surface area contributed by atoms with Gasteiger partial charge in [-0.3, -0.25) is 9.69 Å². The van der Waals surface area contributed by atoms with Crippen molar-refractivity contribution in [1.29, 1.82) is 0 Å². The lowest BCUT2D eigenvalue weighted by Gasteiger charge is -2.23. The fourth-order valence-electron chi connectivity index (χ4n) is 3.16. The van der Waals surface area contributed by atoms with Crippen LogP contribution < -0.4 is 5.32 Å². The van der Waals surface area contributed by atoms with Crippen molar-refractivity contribution < 1.29 is 9.21 Å². The lowest BCUT2D eigenvalue weighted by Crippen LogP contribution is -2.41. The second kappa shape index (κ2) is 6.13. The van der Waals surface area contributed by atoms with Gasteiger partial charge in [-0.15, -0.1) is 0 Å². The van der Waals surface area contributed by atoms with Crippen LogP contribution in [0.1, 0.15) is 32.4 Å². The number of likely N-dealkylation sites (tertiary alicyclic amines) is 1. The Bertz CT molecular complexity index is 631. The first-order chi connectivity index (χ1) is 10.6. The molecule has 1 aromatic heterocycles. The highest BCUT2D eigenvalue weighted by molar-refractivity contribution is 5.82. The van der Waals surface area contributed by atoms with E-state index < -0.39 is 0 Å². The topological polar surface area (TPSA) is 45.5 Å². The number of carbonyl (C=O) groups excluding carboxylic acids is 1. The van der Waals surface area contributed by atoms with Gasteiger partial charge in [0.05, 0.1) is 12.0 Å². The summed E-state index contributed by atoms with van der Waals surface area (Å²) in [5.41, 5.74) is 0.654. The molecule has 0 radical (unpaired) electrons. The van der Waals surface area contributed by atoms with E-state index >= 15 is 0 Å². The van der Waals surface area contributed by atoms with Crippen molar-refractivity contribution in [2.45, 2.75) is 33.2 Å². The average Bonchev–Trinajstić information content (AvgIpc) is 3.09. The van der Waals surface area contributed by atoms with Crippen LogP contribution in [0.25, 0.3) is 11.0 Å². The van der Waals surface area contributed by atoms with Gasteiger partial charge in [0.1, 0.15) is 11.3 Å². The van der Waals surface area contributed by atoms with Gasteiger partial charge in [0, 0.05) is 18.5 Å². The predicted octanol–water partition coefficient (Wildman–Crippen LogP) is 3.17. The maximum absolute atomic E-state index is 12.3. The number of nitrogens with zero attached hydrogens (tertiary/aromatic N) is 1. The molecule has 2 heterocycles. The summed E-state index contributed by atoms with van der Waals surface area (Å²) in [5.74, 6) is 1.15. The van der Waals surface area contributed by atoms with E-state index in [9.17, 15) is 4.79 Å². The lowest BCUT2D eigenvalue weighted by molar-refractivity contribution is -0.129. The standard InChI is InChI=1S/C18H24N2O2/c1-3-9-19-17(21)18(2)8-10-20(13-18)12-15-11-14-6-4-5-7-16(14)22-15/h4-7,11H,3,8-10,12-13H2,1-2H3,(H,19,21). The van der Waals surface area contributed by atoms with Crippen LogP contribution >= 0.6 is 0 Å². The van der Waals surface area contributed by atoms with Crippen LogP contribution in [0.2, 0.25) is 0 Å². The molecule has 1 amide bonds. The Morgan fingerprint density at radius 1 is 1.41 bits per heavy atom. The molecular formula is C18H24N2O2. The van der Waals surface area contributed by atoms with E-state index in [0.29, 0.717) is 0 Å². The minimum atomic E-state index is -0.277. The van der Waals surface area contributed by atoms with E-state index in [1.165, 1.54) is 0 Å². The molecule has 0 saturated carbocycles. The van der Waals surface area contributed by atoms with Gasteiger partial charge in [-0.25, -0.2) is 0 Å². The second-order valence-electron chi connectivity index (χ2n) is 6.53. The molecule has 3 rings (SSSR count). The van der Waals surface area contributed by atoms with Gasteiger partial charge in [-0.05, 0) is 38.4 Å². The number of hydrogen-bond acceptors (Lipinski definition) is 3. The summed E-state index contributed by atoms with van der Waals surface area (Å²) in [7, 11) is 0. The van der Waals surface area contributed by atoms with E-state index in [0.717, 1.165) is 55.8 Å². The molecule has 0 aliphatic carbocycles. The van der Waals surface area contributed by atoms with Gasteiger partial charge in [-0.1, -0.05) is 25.1 Å². The van der Waals surface area contributed by atoms with Crippen molar-refractivity contribution in [2.24, 2.45) is 5.41 Å². The lowest BCUT2D eigenvalue weighted by atomic mass is 9.89. The SMILES string of the molecule is CCCNC(=O)C1(C)CCN(Cc2cc3ccccc3o2)C1. The number of rotatable bonds is 5. The highest BCUT2D eigenvalue weighted by Crippen LogP contribution is 2.31. The van der Waals surface area contributed by atoms with Crippen LogP contribution in [0.3, 0.4) is 0 Å². The van der Waals surface area contributed by atoms with Crippen molar-refractivity contribution in [3.05, 3.63) is 36.1 Å². The zero-order chi connectivity index (χ0) is 15.6. The third-order valence-corrected chi connectivity index (χ3v) is 4.49. The summed E-state index contributed by atoms with van der Waals surface area (Å²) < 4.78 is 5.88. The first kappa shape index (κ1) is 15.1. The summed E-state index contributed by atoms with van der Waals surface area (Å²) in [6.07, 6.45) is 1.88. The van der Waals surface area contributed by atoms with Crippen LogP contribution in [-0.2, 0) is 11.3 Å². The summed E-state index contributed by atoms with van der Waals surface area (Å²) in [5, 5.41) is 4.17. The number of fused-ring (bicyclic) bond motifs is 1. The number of benzene rings is 1. The zero-order valence-corrected chi connectivity index (χ0v) is 13.4. The average molecular weight is 300 g/mol. The molecule has 1 aliphatic rings. The maximum atomic E-state index is 12.3. The Labute approximate surface area is 131 Å². The van der Waals surface area contributed by atoms with E-state index in [1.807, 2.05) is 18.2 Å². The van der Waals surface area contributed by atoms with Crippen LogP contribution in [0.4, 0.5) is 0 Å². The normalized spacial score (nSPS) is 22.3. The van der Waals surface area contributed by atoms with Gasteiger partial charge >= 0.3 is 0 Å². The largest absolute Gasteiger partial charge is 0.460 e. The first-order valence-corrected chi connectivity index (χ1v) is 8.09. The van der Waals surface area contributed by atoms with E-state index in [1.54, 1.807) is 0 Å². The van der Waals surface area contributed by atoms with Crippen molar-refractivity contribution in [3.63, 3.8) is 0 Å². The van der Waals surface area contributed by atoms with Crippen molar-refractivity contribution >= 4 is 16.9 Å². The predicted molar refractivity (Wildman–Crippen MR) is 87.5 cm³/mol. The monoisotopic (exact) mass is 300 g/mol. The summed E-state index contributed by atoms with van der Waals surface area (Å²) in [4.78, 5) is 14.6. The summed E-state index contributed by atoms with van der Waals surface area (Å²) >= 11 is 0. The Kier molecular flexibility index (Phi) is 4.21. The van der Waals surface area contributed by atoms with E-state index in [4.69, 9.17) is 4.42 Å². The second-order valence-corrected chi connectivity index (χ2v) is 6.53. The quantitative estimate of drug-likeness (QED) is 0.922. The minimum Gasteiger partial charge on any atom is -0.460 e. The fraction of sp³-hybridized carbons (Fsp3) is 0.500. The molecular weight excluding hydrogens is 276 g/mol. The van der Waals surface area contributed by atoms with Crippen LogP contribution in [-0.4, -0.2) is 30.4 Å². The molecule has 1 N–H and O–H groups in total. The number of hydrogen-bond donors (Lipinski definition) is 1. The minimum absolute atomic E-state index is 0.182. The van der Waals surface area contributed by atoms with Crippen molar-refractivity contribution in [1.82, 2.24) is 10.2 Å². The third kappa shape index (κ3) is 3.02. The van der Waals surface area contributed by atoms with Gasteiger partial charge in [0.2, 0.25) is 5.91 Å². The number of amides is 1. The Morgan fingerprint density at radius 3 is 3.00 bits per heavy atom. The molecule has 1 atom stereocenters. The van der Waals surface area contributed by atoms with Gasteiger partial charge in [-0.2, -0.15) is 0 Å². The fourth-order valence-corrected chi connectivity index (χ4v) is 3.16. The molecule has 1 aliphatic heterocycles. The molecule has 0 bridgehead atoms. The Balaban J connectivity index is 1.64. The number of furan rings is 1. The van der Waals surface area contributed by atoms with Gasteiger partial charge in [0.25, 0.3) is 0 Å². The van der Waals surface area contributed by atoms with Gasteiger partial charge in [0.15, 0.2) is 0 Å². The number of para-hydroxylation sites is 1. The Morgan fingerprint density at radius 2 is 2.23 bits per heavy atom. The number of carbonyl (C=O) groups is 1. The molecule has 4 nitrogen and oxygen atoms in total. The molecule has 1 unspecified atom stereocenters. The number of nitrogens with one attached hydrogen (secondary N) is 1. The van der Waals surface area contributed by atoms with Crippen molar-refractivity contribution in [3.8, 4) is 0 Å². The van der Waals surface area contributed by atoms with Crippen molar-refractivity contribution in [2.75, 3.05) is 19.6 Å². The molecule has 1 fully saturated rings. The Hall–Kier alpha value is -1.81. The smallest absolute Gasteiger partial charge is 0.227 e. The highest BCUT2D eigenvalue weighted by Gasteiger charge is 2.40. The first-order valence-electron chi connectivity index (χ1n) is 8.09. The molecule has 1 saturated heterocycles. The summed E-state index contributed by atoms with van der Waals surface area (Å²) in [6.45, 7) is 7.40. The molecule has 22 heavy (non-hydrogen) atoms. The maximum Gasteiger partial charge on any atom is 0.227 e. The van der Waals surface area contributed by atoms with Crippen LogP contribution in [0.15, 0.2) is 34.7 Å². The molecule has 4 heteroatoms.